The Morgan fingerprint density at radius 1 is 1.21 bits per heavy atom. The summed E-state index contributed by atoms with van der Waals surface area (Å²) in [6, 6.07) is -0.725. The van der Waals surface area contributed by atoms with Crippen LogP contribution in [-0.2, 0) is 9.59 Å². The molecule has 0 aromatic carbocycles. The van der Waals surface area contributed by atoms with E-state index in [0.717, 1.165) is 0 Å². The van der Waals surface area contributed by atoms with Crippen molar-refractivity contribution in [2.24, 2.45) is 5.92 Å². The molecule has 4 nitrogen and oxygen atoms in total. The number of hydrogen-bond acceptors (Lipinski definition) is 2. The summed E-state index contributed by atoms with van der Waals surface area (Å²) in [5.74, 6) is -3.78. The van der Waals surface area contributed by atoms with E-state index in [1.165, 1.54) is 4.90 Å². The predicted octanol–water partition coefficient (Wildman–Crippen LogP) is 2.28. The Bertz CT molecular complexity index is 363. The van der Waals surface area contributed by atoms with Crippen LogP contribution in [0.4, 0.5) is 8.78 Å². The molecule has 0 radical (unpaired) electrons. The van der Waals surface area contributed by atoms with Crippen LogP contribution < -0.4 is 0 Å². The van der Waals surface area contributed by atoms with Crippen molar-refractivity contribution in [1.29, 1.82) is 0 Å². The number of carboxylic acid groups (broad SMARTS) is 1. The fraction of sp³-hybridized carbons (Fsp3) is 0.846. The van der Waals surface area contributed by atoms with E-state index in [9.17, 15) is 18.4 Å². The second kappa shape index (κ2) is 5.43. The molecule has 1 atom stereocenters. The highest BCUT2D eigenvalue weighted by Gasteiger charge is 2.38. The van der Waals surface area contributed by atoms with E-state index >= 15 is 0 Å². The highest BCUT2D eigenvalue weighted by Crippen LogP contribution is 2.37. The van der Waals surface area contributed by atoms with E-state index < -0.39 is 17.9 Å². The van der Waals surface area contributed by atoms with E-state index in [0.29, 0.717) is 32.2 Å². The number of carboxylic acids is 1. The maximum atomic E-state index is 13.0. The van der Waals surface area contributed by atoms with Crippen LogP contribution in [0, 0.1) is 5.92 Å². The Hall–Kier alpha value is -1.20. The summed E-state index contributed by atoms with van der Waals surface area (Å²) >= 11 is 0. The van der Waals surface area contributed by atoms with Crippen molar-refractivity contribution in [2.45, 2.75) is 56.9 Å². The minimum atomic E-state index is -2.59. The molecule has 0 spiro atoms. The lowest BCUT2D eigenvalue weighted by Crippen LogP contribution is -2.41. The van der Waals surface area contributed by atoms with Crippen molar-refractivity contribution in [3.05, 3.63) is 0 Å². The highest BCUT2D eigenvalue weighted by atomic mass is 19.3. The molecule has 2 fully saturated rings. The minimum Gasteiger partial charge on any atom is -0.480 e. The first-order chi connectivity index (χ1) is 8.89. The van der Waals surface area contributed by atoms with Gasteiger partial charge < -0.3 is 10.0 Å². The summed E-state index contributed by atoms with van der Waals surface area (Å²) in [5.41, 5.74) is 0. The second-order valence-electron chi connectivity index (χ2n) is 5.59. The zero-order valence-electron chi connectivity index (χ0n) is 10.8. The zero-order chi connectivity index (χ0) is 14.0. The first kappa shape index (κ1) is 14.2. The molecular weight excluding hydrogens is 256 g/mol. The summed E-state index contributed by atoms with van der Waals surface area (Å²) in [7, 11) is 0. The van der Waals surface area contributed by atoms with Gasteiger partial charge in [-0.05, 0) is 31.6 Å². The highest BCUT2D eigenvalue weighted by molar-refractivity contribution is 5.84. The summed E-state index contributed by atoms with van der Waals surface area (Å²) in [6.45, 7) is 0.471. The van der Waals surface area contributed by atoms with Crippen molar-refractivity contribution in [1.82, 2.24) is 4.90 Å². The number of alkyl halides is 2. The molecule has 1 aliphatic carbocycles. The molecule has 108 valence electrons. The average Bonchev–Trinajstić information content (AvgIpc) is 2.81. The van der Waals surface area contributed by atoms with Crippen LogP contribution in [0.15, 0.2) is 0 Å². The van der Waals surface area contributed by atoms with Crippen LogP contribution in [0.1, 0.15) is 44.9 Å². The average molecular weight is 275 g/mol. The summed E-state index contributed by atoms with van der Waals surface area (Å²) in [6.07, 6.45) is 1.78. The lowest BCUT2D eigenvalue weighted by molar-refractivity contribution is -0.148. The molecule has 0 bridgehead atoms. The van der Waals surface area contributed by atoms with Gasteiger partial charge in [-0.3, -0.25) is 4.79 Å². The van der Waals surface area contributed by atoms with E-state index in [1.807, 2.05) is 0 Å². The van der Waals surface area contributed by atoms with E-state index in [-0.39, 0.29) is 31.1 Å². The van der Waals surface area contributed by atoms with Crippen molar-refractivity contribution in [2.75, 3.05) is 6.54 Å². The maximum Gasteiger partial charge on any atom is 0.326 e. The summed E-state index contributed by atoms with van der Waals surface area (Å²) < 4.78 is 26.0. The fourth-order valence-corrected chi connectivity index (χ4v) is 2.99. The second-order valence-corrected chi connectivity index (χ2v) is 5.59. The molecule has 1 saturated heterocycles. The van der Waals surface area contributed by atoms with Gasteiger partial charge in [0.25, 0.3) is 0 Å². The number of rotatable bonds is 3. The molecule has 1 unspecified atom stereocenters. The number of aliphatic carboxylic acids is 1. The normalized spacial score (nSPS) is 27.5. The molecule has 1 saturated carbocycles. The number of hydrogen-bond donors (Lipinski definition) is 1. The minimum absolute atomic E-state index is 0.0258. The first-order valence-corrected chi connectivity index (χ1v) is 6.79. The molecule has 6 heteroatoms. The van der Waals surface area contributed by atoms with E-state index in [4.69, 9.17) is 5.11 Å². The number of carbonyl (C=O) groups excluding carboxylic acids is 1. The first-order valence-electron chi connectivity index (χ1n) is 6.79. The van der Waals surface area contributed by atoms with E-state index in [1.54, 1.807) is 0 Å². The predicted molar refractivity (Wildman–Crippen MR) is 63.9 cm³/mol. The smallest absolute Gasteiger partial charge is 0.326 e. The third kappa shape index (κ3) is 3.42. The van der Waals surface area contributed by atoms with Gasteiger partial charge in [0.15, 0.2) is 0 Å². The summed E-state index contributed by atoms with van der Waals surface area (Å²) in [4.78, 5) is 24.5. The Morgan fingerprint density at radius 3 is 2.42 bits per heavy atom. The third-order valence-corrected chi connectivity index (χ3v) is 4.16. The zero-order valence-corrected chi connectivity index (χ0v) is 10.8. The van der Waals surface area contributed by atoms with Crippen molar-refractivity contribution < 1.29 is 23.5 Å². The van der Waals surface area contributed by atoms with Crippen LogP contribution in [0.3, 0.4) is 0 Å². The van der Waals surface area contributed by atoms with Gasteiger partial charge in [0.2, 0.25) is 11.8 Å². The molecule has 1 aliphatic heterocycles. The lowest BCUT2D eigenvalue weighted by Gasteiger charge is -2.29. The van der Waals surface area contributed by atoms with Crippen LogP contribution in [-0.4, -0.2) is 40.4 Å². The Labute approximate surface area is 110 Å². The number of carbonyl (C=O) groups is 2. The molecule has 1 amide bonds. The van der Waals surface area contributed by atoms with Crippen LogP contribution >= 0.6 is 0 Å². The number of amides is 1. The van der Waals surface area contributed by atoms with Gasteiger partial charge >= 0.3 is 5.97 Å². The Balaban J connectivity index is 1.86. The van der Waals surface area contributed by atoms with Crippen molar-refractivity contribution >= 4 is 11.9 Å². The topological polar surface area (TPSA) is 57.6 Å². The number of nitrogens with zero attached hydrogens (tertiary/aromatic N) is 1. The van der Waals surface area contributed by atoms with Gasteiger partial charge in [0.05, 0.1) is 0 Å². The van der Waals surface area contributed by atoms with Crippen LogP contribution in [0.2, 0.25) is 0 Å². The van der Waals surface area contributed by atoms with Crippen LogP contribution in [0.5, 0.6) is 0 Å². The van der Waals surface area contributed by atoms with Gasteiger partial charge in [-0.15, -0.1) is 0 Å². The van der Waals surface area contributed by atoms with Gasteiger partial charge in [-0.2, -0.15) is 0 Å². The van der Waals surface area contributed by atoms with E-state index in [2.05, 4.69) is 0 Å². The van der Waals surface area contributed by atoms with Gasteiger partial charge in [-0.25, -0.2) is 13.6 Å². The maximum absolute atomic E-state index is 13.0. The molecule has 1 N–H and O–H groups in total. The summed E-state index contributed by atoms with van der Waals surface area (Å²) in [5, 5.41) is 9.01. The van der Waals surface area contributed by atoms with Crippen molar-refractivity contribution in [3.8, 4) is 0 Å². The molecule has 19 heavy (non-hydrogen) atoms. The lowest BCUT2D eigenvalue weighted by atomic mass is 9.84. The van der Waals surface area contributed by atoms with Crippen molar-refractivity contribution in [3.63, 3.8) is 0 Å². The Kier molecular flexibility index (Phi) is 4.06. The molecule has 2 rings (SSSR count). The Morgan fingerprint density at radius 2 is 1.84 bits per heavy atom. The molecule has 2 aliphatic rings. The van der Waals surface area contributed by atoms with Crippen LogP contribution in [0.25, 0.3) is 0 Å². The standard InChI is InChI=1S/C13H19F2NO3/c14-13(15)5-3-9(4-6-13)8-11(17)16-7-1-2-10(16)12(18)19/h9-10H,1-8H2,(H,18,19). The van der Waals surface area contributed by atoms with Gasteiger partial charge in [0.1, 0.15) is 6.04 Å². The quantitative estimate of drug-likeness (QED) is 0.859. The third-order valence-electron chi connectivity index (χ3n) is 4.16. The molecular formula is C13H19F2NO3. The number of halogens is 2. The molecule has 1 heterocycles. The molecule has 0 aromatic rings. The fourth-order valence-electron chi connectivity index (χ4n) is 2.99. The molecule has 0 aromatic heterocycles. The van der Waals surface area contributed by atoms with Gasteiger partial charge in [-0.1, -0.05) is 0 Å². The van der Waals surface area contributed by atoms with Gasteiger partial charge in [0, 0.05) is 25.8 Å². The number of likely N-dealkylation sites (tertiary alicyclic amines) is 1. The monoisotopic (exact) mass is 275 g/mol. The largest absolute Gasteiger partial charge is 0.480 e. The SMILES string of the molecule is O=C(O)C1CCCN1C(=O)CC1CCC(F)(F)CC1.